The van der Waals surface area contributed by atoms with Crippen molar-refractivity contribution in [3.05, 3.63) is 54.4 Å². The van der Waals surface area contributed by atoms with Crippen LogP contribution in [0.4, 0.5) is 0 Å². The number of H-pyrrole nitrogens is 1. The molecule has 4 heteroatoms. The Labute approximate surface area is 105 Å². The van der Waals surface area contributed by atoms with Crippen LogP contribution >= 0.6 is 0 Å². The lowest BCUT2D eigenvalue weighted by atomic mass is 10.0. The second-order valence-corrected chi connectivity index (χ2v) is 4.04. The molecule has 94 valence electrons. The molecule has 0 aliphatic rings. The molecule has 1 atom stereocenters. The lowest BCUT2D eigenvalue weighted by Crippen LogP contribution is -2.15. The van der Waals surface area contributed by atoms with Crippen molar-refractivity contribution in [2.45, 2.75) is 12.3 Å². The predicted molar refractivity (Wildman–Crippen MR) is 67.7 cm³/mol. The Hall–Kier alpha value is -2.23. The van der Waals surface area contributed by atoms with E-state index in [4.69, 9.17) is 9.84 Å². The highest BCUT2D eigenvalue weighted by molar-refractivity contribution is 5.67. The zero-order valence-electron chi connectivity index (χ0n) is 9.87. The maximum Gasteiger partial charge on any atom is 0.304 e. The van der Waals surface area contributed by atoms with Gasteiger partial charge in [0, 0.05) is 17.8 Å². The molecule has 2 aromatic rings. The molecule has 2 N–H and O–H groups in total. The number of nitrogens with one attached hydrogen (secondary N) is 1. The molecule has 0 aliphatic carbocycles. The van der Waals surface area contributed by atoms with E-state index < -0.39 is 5.97 Å². The van der Waals surface area contributed by atoms with Gasteiger partial charge in [0.05, 0.1) is 13.0 Å². The number of aromatic nitrogens is 1. The highest BCUT2D eigenvalue weighted by Gasteiger charge is 2.17. The first-order valence-corrected chi connectivity index (χ1v) is 5.78. The van der Waals surface area contributed by atoms with E-state index in [-0.39, 0.29) is 12.3 Å². The van der Waals surface area contributed by atoms with Gasteiger partial charge in [0.15, 0.2) is 0 Å². The zero-order chi connectivity index (χ0) is 12.8. The number of carboxylic acids is 1. The third-order valence-electron chi connectivity index (χ3n) is 2.68. The molecule has 1 aromatic heterocycles. The summed E-state index contributed by atoms with van der Waals surface area (Å²) in [6.45, 7) is 0.344. The average molecular weight is 245 g/mol. The van der Waals surface area contributed by atoms with Gasteiger partial charge in [0.2, 0.25) is 0 Å². The molecule has 1 unspecified atom stereocenters. The van der Waals surface area contributed by atoms with Crippen LogP contribution in [0, 0.1) is 0 Å². The molecule has 0 amide bonds. The Kier molecular flexibility index (Phi) is 4.02. The van der Waals surface area contributed by atoms with Crippen LogP contribution in [-0.2, 0) is 4.79 Å². The summed E-state index contributed by atoms with van der Waals surface area (Å²) >= 11 is 0. The summed E-state index contributed by atoms with van der Waals surface area (Å²) in [6.07, 6.45) is 1.83. The minimum absolute atomic E-state index is 0.0490. The van der Waals surface area contributed by atoms with E-state index >= 15 is 0 Å². The molecule has 0 bridgehead atoms. The number of carboxylic acid groups (broad SMARTS) is 1. The standard InChI is InChI=1S/C14H15NO3/c16-14(17)9-11(13-7-4-8-15-13)10-18-12-5-2-1-3-6-12/h1-8,11,15H,9-10H2,(H,16,17). The maximum absolute atomic E-state index is 10.8. The van der Waals surface area contributed by atoms with Crippen molar-refractivity contribution in [3.63, 3.8) is 0 Å². The van der Waals surface area contributed by atoms with Crippen LogP contribution in [0.15, 0.2) is 48.7 Å². The van der Waals surface area contributed by atoms with Crippen molar-refractivity contribution >= 4 is 5.97 Å². The third kappa shape index (κ3) is 3.38. The van der Waals surface area contributed by atoms with Gasteiger partial charge in [-0.05, 0) is 24.3 Å². The van der Waals surface area contributed by atoms with Crippen LogP contribution in [0.5, 0.6) is 5.75 Å². The molecule has 2 rings (SSSR count). The quantitative estimate of drug-likeness (QED) is 0.822. The summed E-state index contributed by atoms with van der Waals surface area (Å²) in [5.74, 6) is -0.247. The molecule has 0 saturated carbocycles. The summed E-state index contributed by atoms with van der Waals surface area (Å²) in [5.41, 5.74) is 0.883. The van der Waals surface area contributed by atoms with E-state index in [1.807, 2.05) is 42.5 Å². The van der Waals surface area contributed by atoms with Crippen molar-refractivity contribution in [2.24, 2.45) is 0 Å². The minimum atomic E-state index is -0.828. The number of hydrogen-bond donors (Lipinski definition) is 2. The van der Waals surface area contributed by atoms with Crippen molar-refractivity contribution in [1.82, 2.24) is 4.98 Å². The maximum atomic E-state index is 10.8. The molecule has 0 radical (unpaired) electrons. The van der Waals surface area contributed by atoms with Crippen LogP contribution in [0.2, 0.25) is 0 Å². The number of benzene rings is 1. The van der Waals surface area contributed by atoms with E-state index in [1.165, 1.54) is 0 Å². The van der Waals surface area contributed by atoms with Gasteiger partial charge in [-0.2, -0.15) is 0 Å². The Morgan fingerprint density at radius 3 is 2.61 bits per heavy atom. The highest BCUT2D eigenvalue weighted by Crippen LogP contribution is 2.20. The van der Waals surface area contributed by atoms with E-state index in [0.29, 0.717) is 6.61 Å². The topological polar surface area (TPSA) is 62.3 Å². The molecule has 1 aromatic carbocycles. The fourth-order valence-corrected chi connectivity index (χ4v) is 1.78. The van der Waals surface area contributed by atoms with Crippen LogP contribution in [0.1, 0.15) is 18.0 Å². The number of hydrogen-bond acceptors (Lipinski definition) is 2. The molecule has 0 spiro atoms. The van der Waals surface area contributed by atoms with E-state index in [1.54, 1.807) is 6.20 Å². The second-order valence-electron chi connectivity index (χ2n) is 4.04. The summed E-state index contributed by atoms with van der Waals surface area (Å²) in [4.78, 5) is 13.9. The fraction of sp³-hybridized carbons (Fsp3) is 0.214. The first-order valence-electron chi connectivity index (χ1n) is 5.78. The van der Waals surface area contributed by atoms with E-state index in [2.05, 4.69) is 4.98 Å². The number of carbonyl (C=O) groups is 1. The van der Waals surface area contributed by atoms with Crippen molar-refractivity contribution < 1.29 is 14.6 Å². The summed E-state index contributed by atoms with van der Waals surface area (Å²) in [7, 11) is 0. The van der Waals surface area contributed by atoms with Crippen LogP contribution in [-0.4, -0.2) is 22.7 Å². The van der Waals surface area contributed by atoms with E-state index in [9.17, 15) is 4.79 Å². The Balaban J connectivity index is 2.00. The summed E-state index contributed by atoms with van der Waals surface area (Å²) < 4.78 is 5.61. The summed E-state index contributed by atoms with van der Waals surface area (Å²) in [5, 5.41) is 8.91. The lowest BCUT2D eigenvalue weighted by Gasteiger charge is -2.14. The molecule has 0 saturated heterocycles. The summed E-state index contributed by atoms with van der Waals surface area (Å²) in [6, 6.07) is 13.1. The number of para-hydroxylation sites is 1. The van der Waals surface area contributed by atoms with Crippen LogP contribution in [0.3, 0.4) is 0 Å². The minimum Gasteiger partial charge on any atom is -0.493 e. The molecule has 0 fully saturated rings. The van der Waals surface area contributed by atoms with Gasteiger partial charge < -0.3 is 14.8 Å². The normalized spacial score (nSPS) is 12.0. The van der Waals surface area contributed by atoms with Crippen LogP contribution < -0.4 is 4.74 Å². The average Bonchev–Trinajstić information content (AvgIpc) is 2.89. The molecular weight excluding hydrogens is 230 g/mol. The first kappa shape index (κ1) is 12.2. The third-order valence-corrected chi connectivity index (χ3v) is 2.68. The number of aromatic amines is 1. The van der Waals surface area contributed by atoms with Crippen molar-refractivity contribution in [3.8, 4) is 5.75 Å². The second kappa shape index (κ2) is 5.91. The Morgan fingerprint density at radius 1 is 1.22 bits per heavy atom. The number of rotatable bonds is 6. The van der Waals surface area contributed by atoms with Gasteiger partial charge >= 0.3 is 5.97 Å². The molecule has 0 aliphatic heterocycles. The smallest absolute Gasteiger partial charge is 0.304 e. The highest BCUT2D eigenvalue weighted by atomic mass is 16.5. The molecule has 1 heterocycles. The van der Waals surface area contributed by atoms with Gasteiger partial charge in [-0.25, -0.2) is 0 Å². The Bertz CT molecular complexity index is 479. The first-order chi connectivity index (χ1) is 8.75. The Morgan fingerprint density at radius 2 is 2.00 bits per heavy atom. The van der Waals surface area contributed by atoms with Gasteiger partial charge in [-0.3, -0.25) is 4.79 Å². The van der Waals surface area contributed by atoms with Gasteiger partial charge in [0.1, 0.15) is 5.75 Å². The largest absolute Gasteiger partial charge is 0.493 e. The van der Waals surface area contributed by atoms with Gasteiger partial charge in [-0.1, -0.05) is 18.2 Å². The zero-order valence-corrected chi connectivity index (χ0v) is 9.87. The molecular formula is C14H15NO3. The van der Waals surface area contributed by atoms with Crippen molar-refractivity contribution in [1.29, 1.82) is 0 Å². The van der Waals surface area contributed by atoms with Gasteiger partial charge in [-0.15, -0.1) is 0 Å². The van der Waals surface area contributed by atoms with Crippen LogP contribution in [0.25, 0.3) is 0 Å². The SMILES string of the molecule is O=C(O)CC(COc1ccccc1)c1ccc[nH]1. The molecule has 4 nitrogen and oxygen atoms in total. The van der Waals surface area contributed by atoms with E-state index in [0.717, 1.165) is 11.4 Å². The lowest BCUT2D eigenvalue weighted by molar-refractivity contribution is -0.137. The van der Waals surface area contributed by atoms with Crippen molar-refractivity contribution in [2.75, 3.05) is 6.61 Å². The number of ether oxygens (including phenoxy) is 1. The molecule has 18 heavy (non-hydrogen) atoms. The van der Waals surface area contributed by atoms with Gasteiger partial charge in [0.25, 0.3) is 0 Å². The predicted octanol–water partition coefficient (Wildman–Crippen LogP) is 2.65. The fourth-order valence-electron chi connectivity index (χ4n) is 1.78. The number of aliphatic carboxylic acids is 1. The monoisotopic (exact) mass is 245 g/mol.